The second-order valence-electron chi connectivity index (χ2n) is 5.05. The molecule has 0 unspecified atom stereocenters. The molecule has 2 aromatic rings. The summed E-state index contributed by atoms with van der Waals surface area (Å²) in [7, 11) is 0. The van der Waals surface area contributed by atoms with Crippen LogP contribution in [0, 0.1) is 13.8 Å². The van der Waals surface area contributed by atoms with Gasteiger partial charge >= 0.3 is 0 Å². The molecule has 0 bridgehead atoms. The lowest BCUT2D eigenvalue weighted by atomic mass is 9.92. The van der Waals surface area contributed by atoms with Crippen molar-refractivity contribution in [2.45, 2.75) is 40.0 Å². The summed E-state index contributed by atoms with van der Waals surface area (Å²) < 4.78 is 0. The normalized spacial score (nSPS) is 10.6. The van der Waals surface area contributed by atoms with Crippen LogP contribution in [0.3, 0.4) is 0 Å². The Kier molecular flexibility index (Phi) is 4.19. The molecule has 0 fully saturated rings. The van der Waals surface area contributed by atoms with Crippen molar-refractivity contribution in [2.75, 3.05) is 0 Å². The fourth-order valence-corrected chi connectivity index (χ4v) is 2.48. The highest BCUT2D eigenvalue weighted by atomic mass is 14.1. The minimum absolute atomic E-state index is 1.04. The summed E-state index contributed by atoms with van der Waals surface area (Å²) in [4.78, 5) is 0. The Balaban J connectivity index is 2.27. The third-order valence-electron chi connectivity index (χ3n) is 3.77. The Morgan fingerprint density at radius 2 is 1.39 bits per heavy atom. The maximum Gasteiger partial charge on any atom is -0.00230 e. The molecule has 94 valence electrons. The molecule has 0 amide bonds. The van der Waals surface area contributed by atoms with E-state index in [-0.39, 0.29) is 0 Å². The van der Waals surface area contributed by atoms with Gasteiger partial charge in [-0.2, -0.15) is 0 Å². The van der Waals surface area contributed by atoms with Crippen LogP contribution in [0.1, 0.15) is 41.2 Å². The number of rotatable bonds is 4. The molecule has 0 heteroatoms. The highest BCUT2D eigenvalue weighted by Crippen LogP contribution is 2.21. The number of hydrogen-bond donors (Lipinski definition) is 0. The summed E-state index contributed by atoms with van der Waals surface area (Å²) in [5, 5.41) is 0. The highest BCUT2D eigenvalue weighted by Gasteiger charge is 2.06. The molecule has 0 aliphatic rings. The second kappa shape index (κ2) is 5.86. The van der Waals surface area contributed by atoms with E-state index < -0.39 is 0 Å². The van der Waals surface area contributed by atoms with E-state index in [9.17, 15) is 0 Å². The topological polar surface area (TPSA) is 0 Å². The standard InChI is InChI=1S/C18H22/c1-4-8-17-11-12-18(15(3)14(17)2)13-16-9-6-5-7-10-16/h5-7,9-12H,4,8,13H2,1-3H3. The summed E-state index contributed by atoms with van der Waals surface area (Å²) in [6, 6.07) is 15.3. The van der Waals surface area contributed by atoms with Gasteiger partial charge < -0.3 is 0 Å². The SMILES string of the molecule is CCCc1ccc(Cc2ccccc2)c(C)c1C. The maximum absolute atomic E-state index is 2.31. The molecule has 18 heavy (non-hydrogen) atoms. The van der Waals surface area contributed by atoms with E-state index in [2.05, 4.69) is 63.2 Å². The molecule has 2 aromatic carbocycles. The van der Waals surface area contributed by atoms with Crippen LogP contribution >= 0.6 is 0 Å². The average molecular weight is 238 g/mol. The van der Waals surface area contributed by atoms with Crippen molar-refractivity contribution in [1.82, 2.24) is 0 Å². The third kappa shape index (κ3) is 2.81. The molecule has 0 heterocycles. The number of aryl methyl sites for hydroxylation is 1. The monoisotopic (exact) mass is 238 g/mol. The highest BCUT2D eigenvalue weighted by molar-refractivity contribution is 5.41. The Bertz CT molecular complexity index is 509. The maximum atomic E-state index is 2.31. The van der Waals surface area contributed by atoms with Gasteiger partial charge in [0.05, 0.1) is 0 Å². The van der Waals surface area contributed by atoms with Gasteiger partial charge in [0.1, 0.15) is 0 Å². The summed E-state index contributed by atoms with van der Waals surface area (Å²) >= 11 is 0. The fourth-order valence-electron chi connectivity index (χ4n) is 2.48. The first-order chi connectivity index (χ1) is 8.72. The van der Waals surface area contributed by atoms with Crippen LogP contribution < -0.4 is 0 Å². The molecule has 2 rings (SSSR count). The molecule has 0 nitrogen and oxygen atoms in total. The number of benzene rings is 2. The summed E-state index contributed by atoms with van der Waals surface area (Å²) in [6.07, 6.45) is 3.45. The Morgan fingerprint density at radius 3 is 2.06 bits per heavy atom. The van der Waals surface area contributed by atoms with Crippen LogP contribution in [0.4, 0.5) is 0 Å². The van der Waals surface area contributed by atoms with Crippen LogP contribution in [0.15, 0.2) is 42.5 Å². The van der Waals surface area contributed by atoms with Gasteiger partial charge in [-0.15, -0.1) is 0 Å². The molecule has 0 saturated carbocycles. The van der Waals surface area contributed by atoms with Gasteiger partial charge in [-0.25, -0.2) is 0 Å². The first-order valence-electron chi connectivity index (χ1n) is 6.84. The average Bonchev–Trinajstić information content (AvgIpc) is 2.40. The molecule has 0 aromatic heterocycles. The lowest BCUT2D eigenvalue weighted by Crippen LogP contribution is -1.98. The lowest BCUT2D eigenvalue weighted by molar-refractivity contribution is 0.906. The van der Waals surface area contributed by atoms with Gasteiger partial charge in [0.25, 0.3) is 0 Å². The van der Waals surface area contributed by atoms with E-state index >= 15 is 0 Å². The van der Waals surface area contributed by atoms with Crippen molar-refractivity contribution in [3.05, 3.63) is 70.3 Å². The molecule has 0 N–H and O–H groups in total. The van der Waals surface area contributed by atoms with Crippen LogP contribution in [-0.4, -0.2) is 0 Å². The van der Waals surface area contributed by atoms with Gasteiger partial charge in [0.2, 0.25) is 0 Å². The Morgan fingerprint density at radius 1 is 0.778 bits per heavy atom. The molecule has 0 atom stereocenters. The quantitative estimate of drug-likeness (QED) is 0.714. The fraction of sp³-hybridized carbons (Fsp3) is 0.333. The zero-order valence-electron chi connectivity index (χ0n) is 11.7. The van der Waals surface area contributed by atoms with E-state index in [0.717, 1.165) is 6.42 Å². The number of hydrogen-bond acceptors (Lipinski definition) is 0. The predicted molar refractivity (Wildman–Crippen MR) is 79.2 cm³/mol. The molecule has 0 saturated heterocycles. The van der Waals surface area contributed by atoms with Crippen LogP contribution in [0.25, 0.3) is 0 Å². The molecular weight excluding hydrogens is 216 g/mol. The van der Waals surface area contributed by atoms with Crippen molar-refractivity contribution in [3.63, 3.8) is 0 Å². The summed E-state index contributed by atoms with van der Waals surface area (Å²) in [5.41, 5.74) is 7.30. The van der Waals surface area contributed by atoms with Gasteiger partial charge in [0.15, 0.2) is 0 Å². The van der Waals surface area contributed by atoms with Crippen LogP contribution in [-0.2, 0) is 12.8 Å². The first kappa shape index (κ1) is 12.9. The Labute approximate surface area is 111 Å². The lowest BCUT2D eigenvalue weighted by Gasteiger charge is -2.13. The van der Waals surface area contributed by atoms with Crippen molar-refractivity contribution >= 4 is 0 Å². The van der Waals surface area contributed by atoms with Gasteiger partial charge in [-0.05, 0) is 54.5 Å². The van der Waals surface area contributed by atoms with Crippen molar-refractivity contribution in [1.29, 1.82) is 0 Å². The van der Waals surface area contributed by atoms with E-state index in [1.807, 2.05) is 0 Å². The first-order valence-corrected chi connectivity index (χ1v) is 6.84. The van der Waals surface area contributed by atoms with E-state index in [4.69, 9.17) is 0 Å². The predicted octanol–water partition coefficient (Wildman–Crippen LogP) is 4.85. The Hall–Kier alpha value is -1.56. The molecule has 0 spiro atoms. The molecule has 0 aliphatic heterocycles. The smallest absolute Gasteiger partial charge is 0.00230 e. The minimum Gasteiger partial charge on any atom is -0.0651 e. The second-order valence-corrected chi connectivity index (χ2v) is 5.05. The van der Waals surface area contributed by atoms with Crippen LogP contribution in [0.5, 0.6) is 0 Å². The largest absolute Gasteiger partial charge is 0.0651 e. The van der Waals surface area contributed by atoms with Crippen molar-refractivity contribution in [2.24, 2.45) is 0 Å². The van der Waals surface area contributed by atoms with Crippen molar-refractivity contribution < 1.29 is 0 Å². The van der Waals surface area contributed by atoms with E-state index in [1.54, 1.807) is 0 Å². The molecule has 0 aliphatic carbocycles. The zero-order valence-corrected chi connectivity index (χ0v) is 11.7. The molecule has 0 radical (unpaired) electrons. The van der Waals surface area contributed by atoms with E-state index in [0.29, 0.717) is 0 Å². The summed E-state index contributed by atoms with van der Waals surface area (Å²) in [5.74, 6) is 0. The third-order valence-corrected chi connectivity index (χ3v) is 3.77. The minimum atomic E-state index is 1.04. The zero-order chi connectivity index (χ0) is 13.0. The van der Waals surface area contributed by atoms with Crippen molar-refractivity contribution in [3.8, 4) is 0 Å². The van der Waals surface area contributed by atoms with Gasteiger partial charge in [-0.1, -0.05) is 55.8 Å². The van der Waals surface area contributed by atoms with Gasteiger partial charge in [0, 0.05) is 0 Å². The molecular formula is C18H22. The van der Waals surface area contributed by atoms with Gasteiger partial charge in [-0.3, -0.25) is 0 Å². The summed E-state index contributed by atoms with van der Waals surface area (Å²) in [6.45, 7) is 6.76. The van der Waals surface area contributed by atoms with E-state index in [1.165, 1.54) is 40.7 Å². The van der Waals surface area contributed by atoms with Crippen LogP contribution in [0.2, 0.25) is 0 Å².